The Morgan fingerprint density at radius 3 is 2.21 bits per heavy atom. The highest BCUT2D eigenvalue weighted by Crippen LogP contribution is 2.34. The number of rotatable bonds is 15. The summed E-state index contributed by atoms with van der Waals surface area (Å²) in [5, 5.41) is 6.17. The van der Waals surface area contributed by atoms with Crippen LogP contribution in [-0.4, -0.2) is 84.9 Å². The Morgan fingerprint density at radius 2 is 1.53 bits per heavy atom. The number of benzene rings is 1. The molecule has 2 saturated heterocycles. The molecule has 242 valence electrons. The number of piperazine rings is 1. The number of carbonyl (C=O) groups excluding carboxylic acids is 3. The van der Waals surface area contributed by atoms with Crippen LogP contribution in [0, 0.1) is 5.41 Å². The zero-order chi connectivity index (χ0) is 31.3. The molecule has 0 aliphatic carbocycles. The lowest BCUT2D eigenvalue weighted by atomic mass is 9.85. The molecule has 2 unspecified atom stereocenters. The number of unbranched alkanes of at least 4 members (excludes halogenated alkanes) is 6. The lowest BCUT2D eigenvalue weighted by molar-refractivity contribution is -0.304. The summed E-state index contributed by atoms with van der Waals surface area (Å²) in [6.45, 7) is 12.4. The Labute approximate surface area is 259 Å². The van der Waals surface area contributed by atoms with Gasteiger partial charge in [-0.15, -0.1) is 0 Å². The van der Waals surface area contributed by atoms with Crippen molar-refractivity contribution in [3.05, 3.63) is 35.9 Å². The van der Waals surface area contributed by atoms with Gasteiger partial charge in [0.05, 0.1) is 6.61 Å². The van der Waals surface area contributed by atoms with E-state index in [0.717, 1.165) is 19.3 Å². The Morgan fingerprint density at radius 1 is 0.907 bits per heavy atom. The molecule has 0 bridgehead atoms. The number of hydrogen-bond donors (Lipinski definition) is 2. The molecule has 2 aliphatic rings. The number of carbonyl (C=O) groups is 3. The van der Waals surface area contributed by atoms with Gasteiger partial charge in [0.15, 0.2) is 5.79 Å². The Bertz CT molecular complexity index is 1010. The van der Waals surface area contributed by atoms with E-state index in [9.17, 15) is 14.4 Å². The van der Waals surface area contributed by atoms with Crippen LogP contribution in [-0.2, 0) is 25.5 Å². The standard InChI is InChI=1S/C34H56N4O5/c1-6-7-8-9-10-11-15-18-28(25-27-16-13-12-14-17-27)36-32(41)38-23-21-37(22-24-38)29(39)19-20-35-31(40)30-33(2,3)26-42-34(4,5)43-30/h12-14,16-17,28,30H,6-11,15,18-26H2,1-5H3,(H,35,40)(H,36,41). The highest BCUT2D eigenvalue weighted by molar-refractivity contribution is 5.83. The third-order valence-electron chi connectivity index (χ3n) is 8.51. The minimum Gasteiger partial charge on any atom is -0.353 e. The van der Waals surface area contributed by atoms with Gasteiger partial charge in [-0.25, -0.2) is 4.79 Å². The maximum absolute atomic E-state index is 13.2. The highest BCUT2D eigenvalue weighted by Gasteiger charge is 2.45. The van der Waals surface area contributed by atoms with Gasteiger partial charge in [-0.05, 0) is 32.3 Å². The highest BCUT2D eigenvalue weighted by atomic mass is 16.7. The summed E-state index contributed by atoms with van der Waals surface area (Å²) >= 11 is 0. The van der Waals surface area contributed by atoms with E-state index in [1.165, 1.54) is 44.1 Å². The van der Waals surface area contributed by atoms with E-state index in [0.29, 0.717) is 32.8 Å². The molecule has 2 fully saturated rings. The number of amides is 4. The summed E-state index contributed by atoms with van der Waals surface area (Å²) in [6.07, 6.45) is 10.1. The number of urea groups is 1. The van der Waals surface area contributed by atoms with Crippen molar-refractivity contribution < 1.29 is 23.9 Å². The Kier molecular flexibility index (Phi) is 13.8. The van der Waals surface area contributed by atoms with Crippen LogP contribution >= 0.6 is 0 Å². The second-order valence-corrected chi connectivity index (χ2v) is 13.3. The number of ether oxygens (including phenoxy) is 2. The Hall–Kier alpha value is -2.65. The molecular weight excluding hydrogens is 544 g/mol. The predicted molar refractivity (Wildman–Crippen MR) is 170 cm³/mol. The fourth-order valence-electron chi connectivity index (χ4n) is 5.76. The normalized spacial score (nSPS) is 20.3. The van der Waals surface area contributed by atoms with Crippen LogP contribution in [0.4, 0.5) is 4.79 Å². The summed E-state index contributed by atoms with van der Waals surface area (Å²) < 4.78 is 11.6. The number of nitrogens with one attached hydrogen (secondary N) is 2. The van der Waals surface area contributed by atoms with Gasteiger partial charge in [-0.3, -0.25) is 9.59 Å². The molecule has 2 atom stereocenters. The van der Waals surface area contributed by atoms with Crippen molar-refractivity contribution in [1.29, 1.82) is 0 Å². The molecule has 1 aromatic rings. The molecule has 2 aliphatic heterocycles. The SMILES string of the molecule is CCCCCCCCCC(Cc1ccccc1)NC(=O)N1CCN(C(=O)CCNC(=O)C2OC(C)(C)OCC2(C)C)CC1. The smallest absolute Gasteiger partial charge is 0.317 e. The zero-order valence-electron chi connectivity index (χ0n) is 27.3. The summed E-state index contributed by atoms with van der Waals surface area (Å²) in [5.74, 6) is -1.07. The topological polar surface area (TPSA) is 100 Å². The second kappa shape index (κ2) is 17.0. The van der Waals surface area contributed by atoms with Gasteiger partial charge in [0, 0.05) is 50.6 Å². The average Bonchev–Trinajstić information content (AvgIpc) is 2.98. The maximum atomic E-state index is 13.2. The first kappa shape index (κ1) is 34.8. The van der Waals surface area contributed by atoms with Crippen LogP contribution in [0.1, 0.15) is 98.0 Å². The van der Waals surface area contributed by atoms with Crippen molar-refractivity contribution in [2.75, 3.05) is 39.3 Å². The summed E-state index contributed by atoms with van der Waals surface area (Å²) in [4.78, 5) is 42.6. The average molecular weight is 601 g/mol. The first-order valence-corrected chi connectivity index (χ1v) is 16.5. The van der Waals surface area contributed by atoms with Crippen molar-refractivity contribution in [1.82, 2.24) is 20.4 Å². The van der Waals surface area contributed by atoms with E-state index in [1.807, 2.05) is 36.9 Å². The van der Waals surface area contributed by atoms with Crippen LogP contribution in [0.3, 0.4) is 0 Å². The molecule has 3 rings (SSSR count). The van der Waals surface area contributed by atoms with Crippen molar-refractivity contribution in [3.63, 3.8) is 0 Å². The number of hydrogen-bond acceptors (Lipinski definition) is 5. The summed E-state index contributed by atoms with van der Waals surface area (Å²) in [6, 6.07) is 10.4. The predicted octanol–water partition coefficient (Wildman–Crippen LogP) is 5.28. The van der Waals surface area contributed by atoms with E-state index >= 15 is 0 Å². The van der Waals surface area contributed by atoms with Crippen LogP contribution < -0.4 is 10.6 Å². The first-order valence-electron chi connectivity index (χ1n) is 16.5. The van der Waals surface area contributed by atoms with Crippen LogP contribution in [0.2, 0.25) is 0 Å². The van der Waals surface area contributed by atoms with Crippen molar-refractivity contribution in [2.45, 2.75) is 117 Å². The molecule has 9 heteroatoms. The van der Waals surface area contributed by atoms with E-state index in [1.54, 1.807) is 18.7 Å². The fraction of sp³-hybridized carbons (Fsp3) is 0.735. The van der Waals surface area contributed by atoms with E-state index in [-0.39, 0.29) is 36.9 Å². The monoisotopic (exact) mass is 600 g/mol. The molecule has 0 aromatic heterocycles. The van der Waals surface area contributed by atoms with Crippen LogP contribution in [0.15, 0.2) is 30.3 Å². The van der Waals surface area contributed by atoms with Gasteiger partial charge in [0.2, 0.25) is 11.8 Å². The molecular formula is C34H56N4O5. The van der Waals surface area contributed by atoms with Gasteiger partial charge >= 0.3 is 6.03 Å². The molecule has 4 amide bonds. The minimum absolute atomic E-state index is 0.0197. The van der Waals surface area contributed by atoms with Gasteiger partial charge < -0.3 is 29.9 Å². The molecule has 43 heavy (non-hydrogen) atoms. The van der Waals surface area contributed by atoms with Gasteiger partial charge in [0.1, 0.15) is 6.10 Å². The lowest BCUT2D eigenvalue weighted by Gasteiger charge is -2.44. The molecule has 0 radical (unpaired) electrons. The molecule has 1 aromatic carbocycles. The van der Waals surface area contributed by atoms with Crippen molar-refractivity contribution >= 4 is 17.8 Å². The maximum Gasteiger partial charge on any atom is 0.317 e. The fourth-order valence-corrected chi connectivity index (χ4v) is 5.76. The van der Waals surface area contributed by atoms with Crippen molar-refractivity contribution in [3.8, 4) is 0 Å². The molecule has 9 nitrogen and oxygen atoms in total. The summed E-state index contributed by atoms with van der Waals surface area (Å²) in [7, 11) is 0. The van der Waals surface area contributed by atoms with E-state index in [2.05, 4.69) is 29.7 Å². The summed E-state index contributed by atoms with van der Waals surface area (Å²) in [5.41, 5.74) is 0.767. The second-order valence-electron chi connectivity index (χ2n) is 13.3. The minimum atomic E-state index is -0.825. The van der Waals surface area contributed by atoms with E-state index in [4.69, 9.17) is 9.47 Å². The Balaban J connectivity index is 1.40. The van der Waals surface area contributed by atoms with Gasteiger partial charge in [0.25, 0.3) is 0 Å². The third kappa shape index (κ3) is 11.8. The molecule has 2 N–H and O–H groups in total. The zero-order valence-corrected chi connectivity index (χ0v) is 27.3. The quantitative estimate of drug-likeness (QED) is 0.267. The molecule has 2 heterocycles. The van der Waals surface area contributed by atoms with Crippen LogP contribution in [0.25, 0.3) is 0 Å². The first-order chi connectivity index (χ1) is 20.5. The van der Waals surface area contributed by atoms with Crippen LogP contribution in [0.5, 0.6) is 0 Å². The number of nitrogens with zero attached hydrogens (tertiary/aromatic N) is 2. The van der Waals surface area contributed by atoms with E-state index < -0.39 is 17.3 Å². The molecule has 0 spiro atoms. The largest absolute Gasteiger partial charge is 0.353 e. The lowest BCUT2D eigenvalue weighted by Crippen LogP contribution is -2.57. The van der Waals surface area contributed by atoms with Crippen molar-refractivity contribution in [2.24, 2.45) is 5.41 Å². The molecule has 0 saturated carbocycles. The van der Waals surface area contributed by atoms with Gasteiger partial charge in [-0.1, -0.05) is 96.0 Å². The third-order valence-corrected chi connectivity index (χ3v) is 8.51. The van der Waals surface area contributed by atoms with Gasteiger partial charge in [-0.2, -0.15) is 0 Å².